The van der Waals surface area contributed by atoms with Crippen LogP contribution in [0.1, 0.15) is 15.9 Å². The molecule has 1 N–H and O–H groups in total. The lowest BCUT2D eigenvalue weighted by atomic mass is 10.1. The monoisotopic (exact) mass is 295 g/mol. The molecule has 0 spiro atoms. The smallest absolute Gasteiger partial charge is 0.340 e. The first-order valence-electron chi connectivity index (χ1n) is 6.30. The van der Waals surface area contributed by atoms with Gasteiger partial charge in [-0.25, -0.2) is 13.6 Å². The number of ether oxygens (including phenoxy) is 1. The van der Waals surface area contributed by atoms with Crippen LogP contribution in [0.3, 0.4) is 0 Å². The molecule has 7 heteroatoms. The number of aromatic nitrogens is 2. The van der Waals surface area contributed by atoms with Crippen LogP contribution in [0.4, 0.5) is 14.5 Å². The number of rotatable bonds is 5. The van der Waals surface area contributed by atoms with Crippen molar-refractivity contribution in [3.63, 3.8) is 0 Å². The van der Waals surface area contributed by atoms with Gasteiger partial charge in [-0.05, 0) is 24.1 Å². The molecule has 1 heterocycles. The maximum Gasteiger partial charge on any atom is 0.340 e. The molecule has 0 aliphatic carbocycles. The molecule has 0 bridgehead atoms. The maximum atomic E-state index is 13.8. The van der Waals surface area contributed by atoms with Gasteiger partial charge in [-0.3, -0.25) is 4.68 Å². The zero-order valence-corrected chi connectivity index (χ0v) is 11.7. The van der Waals surface area contributed by atoms with Gasteiger partial charge in [0.25, 0.3) is 0 Å². The fourth-order valence-corrected chi connectivity index (χ4v) is 1.90. The molecule has 0 fully saturated rings. The molecule has 1 aromatic heterocycles. The summed E-state index contributed by atoms with van der Waals surface area (Å²) in [4.78, 5) is 11.2. The summed E-state index contributed by atoms with van der Waals surface area (Å²) in [5, 5.41) is 6.81. The Bertz CT molecular complexity index is 656. The van der Waals surface area contributed by atoms with Gasteiger partial charge in [0.2, 0.25) is 0 Å². The molecule has 21 heavy (non-hydrogen) atoms. The normalized spacial score (nSPS) is 10.5. The standard InChI is InChI=1S/C14H15F2N3O2/c1-19-8-9(7-18-19)5-6-17-11-4-3-10(14(20)21-2)12(15)13(11)16/h3-4,7-8,17H,5-6H2,1-2H3. The Morgan fingerprint density at radius 1 is 1.38 bits per heavy atom. The van der Waals surface area contributed by atoms with Crippen molar-refractivity contribution in [3.05, 3.63) is 47.3 Å². The summed E-state index contributed by atoms with van der Waals surface area (Å²) in [6.07, 6.45) is 4.17. The number of carbonyl (C=O) groups excluding carboxylic acids is 1. The Labute approximate surface area is 120 Å². The topological polar surface area (TPSA) is 56.1 Å². The average molecular weight is 295 g/mol. The van der Waals surface area contributed by atoms with E-state index in [4.69, 9.17) is 0 Å². The average Bonchev–Trinajstić information content (AvgIpc) is 2.88. The number of aryl methyl sites for hydroxylation is 1. The molecular formula is C14H15F2N3O2. The molecule has 2 aromatic rings. The zero-order chi connectivity index (χ0) is 15.4. The molecule has 0 aliphatic heterocycles. The van der Waals surface area contributed by atoms with Gasteiger partial charge in [-0.15, -0.1) is 0 Å². The largest absolute Gasteiger partial charge is 0.465 e. The summed E-state index contributed by atoms with van der Waals surface area (Å²) in [6, 6.07) is 2.50. The van der Waals surface area contributed by atoms with Gasteiger partial charge in [0.15, 0.2) is 11.6 Å². The van der Waals surface area contributed by atoms with Crippen molar-refractivity contribution >= 4 is 11.7 Å². The Hall–Kier alpha value is -2.44. The second kappa shape index (κ2) is 6.34. The lowest BCUT2D eigenvalue weighted by Crippen LogP contribution is -2.10. The third kappa shape index (κ3) is 3.36. The van der Waals surface area contributed by atoms with Crippen LogP contribution in [0.5, 0.6) is 0 Å². The first-order valence-corrected chi connectivity index (χ1v) is 6.30. The molecule has 0 saturated heterocycles. The van der Waals surface area contributed by atoms with Crippen molar-refractivity contribution in [2.75, 3.05) is 19.0 Å². The highest BCUT2D eigenvalue weighted by Crippen LogP contribution is 2.21. The highest BCUT2D eigenvalue weighted by molar-refractivity contribution is 5.90. The van der Waals surface area contributed by atoms with Gasteiger partial charge < -0.3 is 10.1 Å². The molecule has 2 rings (SSSR count). The number of anilines is 1. The van der Waals surface area contributed by atoms with Crippen LogP contribution in [-0.2, 0) is 18.2 Å². The lowest BCUT2D eigenvalue weighted by molar-refractivity contribution is 0.0594. The van der Waals surface area contributed by atoms with E-state index in [0.717, 1.165) is 12.7 Å². The van der Waals surface area contributed by atoms with E-state index in [1.54, 1.807) is 17.9 Å². The minimum Gasteiger partial charge on any atom is -0.465 e. The number of carbonyl (C=O) groups is 1. The molecule has 5 nitrogen and oxygen atoms in total. The van der Waals surface area contributed by atoms with E-state index < -0.39 is 23.2 Å². The van der Waals surface area contributed by atoms with Crippen LogP contribution in [0.2, 0.25) is 0 Å². The number of hydrogen-bond acceptors (Lipinski definition) is 4. The molecule has 0 radical (unpaired) electrons. The van der Waals surface area contributed by atoms with Crippen molar-refractivity contribution in [1.82, 2.24) is 9.78 Å². The quantitative estimate of drug-likeness (QED) is 0.859. The van der Waals surface area contributed by atoms with Crippen molar-refractivity contribution in [3.8, 4) is 0 Å². The Morgan fingerprint density at radius 3 is 2.76 bits per heavy atom. The minimum absolute atomic E-state index is 0.00374. The minimum atomic E-state index is -1.21. The molecule has 112 valence electrons. The van der Waals surface area contributed by atoms with E-state index in [0.29, 0.717) is 13.0 Å². The molecule has 0 atom stereocenters. The number of halogens is 2. The number of nitrogens with zero attached hydrogens (tertiary/aromatic N) is 2. The number of esters is 1. The maximum absolute atomic E-state index is 13.8. The van der Waals surface area contributed by atoms with Crippen LogP contribution in [0.15, 0.2) is 24.5 Å². The number of nitrogens with one attached hydrogen (secondary N) is 1. The molecule has 0 amide bonds. The summed E-state index contributed by atoms with van der Waals surface area (Å²) in [5.74, 6) is -3.22. The Balaban J connectivity index is 2.04. The summed E-state index contributed by atoms with van der Waals surface area (Å²) >= 11 is 0. The third-order valence-electron chi connectivity index (χ3n) is 2.98. The van der Waals surface area contributed by atoms with Crippen LogP contribution in [-0.4, -0.2) is 29.4 Å². The molecule has 0 aliphatic rings. The summed E-state index contributed by atoms with van der Waals surface area (Å²) < 4.78 is 33.6. The molecule has 0 saturated carbocycles. The summed E-state index contributed by atoms with van der Waals surface area (Å²) in [7, 11) is 2.91. The zero-order valence-electron chi connectivity index (χ0n) is 11.7. The predicted molar refractivity (Wildman–Crippen MR) is 73.1 cm³/mol. The fraction of sp³-hybridized carbons (Fsp3) is 0.286. The van der Waals surface area contributed by atoms with E-state index in [9.17, 15) is 13.6 Å². The third-order valence-corrected chi connectivity index (χ3v) is 2.98. The first-order chi connectivity index (χ1) is 10.0. The van der Waals surface area contributed by atoms with E-state index >= 15 is 0 Å². The Morgan fingerprint density at radius 2 is 2.14 bits per heavy atom. The Kier molecular flexibility index (Phi) is 4.52. The number of methoxy groups -OCH3 is 1. The van der Waals surface area contributed by atoms with Crippen molar-refractivity contribution < 1.29 is 18.3 Å². The fourth-order valence-electron chi connectivity index (χ4n) is 1.90. The van der Waals surface area contributed by atoms with Crippen molar-refractivity contribution in [2.24, 2.45) is 7.05 Å². The van der Waals surface area contributed by atoms with Crippen molar-refractivity contribution in [1.29, 1.82) is 0 Å². The SMILES string of the molecule is COC(=O)c1ccc(NCCc2cnn(C)c2)c(F)c1F. The second-order valence-corrected chi connectivity index (χ2v) is 4.48. The van der Waals surface area contributed by atoms with E-state index in [-0.39, 0.29) is 5.69 Å². The van der Waals surface area contributed by atoms with Gasteiger partial charge in [-0.2, -0.15) is 5.10 Å². The molecule has 0 unspecified atom stereocenters. The van der Waals surface area contributed by atoms with Crippen LogP contribution < -0.4 is 5.32 Å². The highest BCUT2D eigenvalue weighted by Gasteiger charge is 2.18. The van der Waals surface area contributed by atoms with Crippen LogP contribution >= 0.6 is 0 Å². The van der Waals surface area contributed by atoms with Gasteiger partial charge >= 0.3 is 5.97 Å². The molecule has 1 aromatic carbocycles. The summed E-state index contributed by atoms with van der Waals surface area (Å²) in [6.45, 7) is 0.416. The molecular weight excluding hydrogens is 280 g/mol. The van der Waals surface area contributed by atoms with Gasteiger partial charge in [0.1, 0.15) is 0 Å². The predicted octanol–water partition coefficient (Wildman–Crippen LogP) is 2.14. The van der Waals surface area contributed by atoms with Gasteiger partial charge in [0.05, 0.1) is 24.6 Å². The van der Waals surface area contributed by atoms with E-state index in [1.807, 2.05) is 6.20 Å². The van der Waals surface area contributed by atoms with Crippen molar-refractivity contribution in [2.45, 2.75) is 6.42 Å². The van der Waals surface area contributed by atoms with E-state index in [2.05, 4.69) is 15.2 Å². The number of hydrogen-bond donors (Lipinski definition) is 1. The highest BCUT2D eigenvalue weighted by atomic mass is 19.2. The lowest BCUT2D eigenvalue weighted by Gasteiger charge is -2.09. The van der Waals surface area contributed by atoms with Gasteiger partial charge in [-0.1, -0.05) is 0 Å². The van der Waals surface area contributed by atoms with Gasteiger partial charge in [0, 0.05) is 19.8 Å². The summed E-state index contributed by atoms with van der Waals surface area (Å²) in [5.41, 5.74) is 0.564. The first kappa shape index (κ1) is 15.0. The second-order valence-electron chi connectivity index (χ2n) is 4.48. The number of benzene rings is 1. The van der Waals surface area contributed by atoms with E-state index in [1.165, 1.54) is 12.1 Å². The van der Waals surface area contributed by atoms with Crippen LogP contribution in [0.25, 0.3) is 0 Å². The van der Waals surface area contributed by atoms with Crippen LogP contribution in [0, 0.1) is 11.6 Å².